The fourth-order valence-corrected chi connectivity index (χ4v) is 5.35. The summed E-state index contributed by atoms with van der Waals surface area (Å²) in [5.41, 5.74) is 5.03. The Kier molecular flexibility index (Phi) is 9.93. The Hall–Kier alpha value is -4.68. The number of hydrogen-bond donors (Lipinski definition) is 0. The molecule has 0 atom stereocenters. The third kappa shape index (κ3) is 7.26. The van der Waals surface area contributed by atoms with Crippen molar-refractivity contribution in [1.82, 2.24) is 24.3 Å². The highest BCUT2D eigenvalue weighted by molar-refractivity contribution is 5.97. The number of aromatic nitrogens is 3. The summed E-state index contributed by atoms with van der Waals surface area (Å²) in [6, 6.07) is 17.4. The lowest BCUT2D eigenvalue weighted by atomic mass is 10.1. The number of aryl methyl sites for hydroxylation is 3. The lowest BCUT2D eigenvalue weighted by molar-refractivity contribution is 0.0621. The zero-order valence-corrected chi connectivity index (χ0v) is 26.0. The van der Waals surface area contributed by atoms with Crippen LogP contribution in [0.5, 0.6) is 17.2 Å². The molecule has 9 heteroatoms. The number of benzene rings is 2. The van der Waals surface area contributed by atoms with Gasteiger partial charge in [-0.2, -0.15) is 5.26 Å². The van der Waals surface area contributed by atoms with Crippen molar-refractivity contribution in [1.29, 1.82) is 5.26 Å². The first-order valence-corrected chi connectivity index (χ1v) is 15.2. The van der Waals surface area contributed by atoms with Crippen molar-refractivity contribution in [3.8, 4) is 23.3 Å². The van der Waals surface area contributed by atoms with E-state index in [9.17, 15) is 10.1 Å². The summed E-state index contributed by atoms with van der Waals surface area (Å²) in [6.07, 6.45) is 5.65. The molecule has 0 bridgehead atoms. The molecule has 0 N–H and O–H groups in total. The summed E-state index contributed by atoms with van der Waals surface area (Å²) in [5.74, 6) is 2.75. The van der Waals surface area contributed by atoms with E-state index in [1.807, 2.05) is 74.3 Å². The summed E-state index contributed by atoms with van der Waals surface area (Å²) in [7, 11) is 0. The predicted molar refractivity (Wildman–Crippen MR) is 169 cm³/mol. The first kappa shape index (κ1) is 30.8. The minimum Gasteiger partial charge on any atom is -0.493 e. The predicted octanol–water partition coefficient (Wildman–Crippen LogP) is 6.05. The fourth-order valence-electron chi connectivity index (χ4n) is 5.35. The molecule has 0 saturated carbocycles. The molecule has 3 heterocycles. The van der Waals surface area contributed by atoms with Crippen LogP contribution in [0.15, 0.2) is 60.9 Å². The van der Waals surface area contributed by atoms with Crippen molar-refractivity contribution in [2.75, 3.05) is 32.8 Å². The Labute approximate surface area is 259 Å². The first-order valence-electron chi connectivity index (χ1n) is 15.2. The molecule has 0 aliphatic carbocycles. The third-order valence-corrected chi connectivity index (χ3v) is 7.99. The highest BCUT2D eigenvalue weighted by Crippen LogP contribution is 2.29. The highest BCUT2D eigenvalue weighted by Gasteiger charge is 2.25. The van der Waals surface area contributed by atoms with E-state index < -0.39 is 0 Å². The largest absolute Gasteiger partial charge is 0.493 e. The molecule has 9 nitrogen and oxygen atoms in total. The van der Waals surface area contributed by atoms with Crippen LogP contribution in [0, 0.1) is 32.1 Å². The third-order valence-electron chi connectivity index (χ3n) is 7.99. The summed E-state index contributed by atoms with van der Waals surface area (Å²) in [4.78, 5) is 26.7. The van der Waals surface area contributed by atoms with Crippen LogP contribution >= 0.6 is 0 Å². The quantitative estimate of drug-likeness (QED) is 0.196. The molecule has 1 aliphatic rings. The van der Waals surface area contributed by atoms with Gasteiger partial charge in [-0.25, -0.2) is 4.98 Å². The van der Waals surface area contributed by atoms with Crippen molar-refractivity contribution < 1.29 is 14.3 Å². The molecular formula is C35H40N6O3. The molecule has 2 aromatic carbocycles. The molecule has 0 radical (unpaired) electrons. The van der Waals surface area contributed by atoms with E-state index in [4.69, 9.17) is 9.47 Å². The number of unbranched alkanes of at least 4 members (excludes halogenated alkanes) is 1. The van der Waals surface area contributed by atoms with E-state index in [-0.39, 0.29) is 5.91 Å². The van der Waals surface area contributed by atoms with Crippen molar-refractivity contribution in [3.63, 3.8) is 0 Å². The maximum absolute atomic E-state index is 13.5. The average molecular weight is 593 g/mol. The topological polar surface area (TPSA) is 96.5 Å². The van der Waals surface area contributed by atoms with Gasteiger partial charge in [0.15, 0.2) is 0 Å². The minimum atomic E-state index is 0.0288. The molecular weight excluding hydrogens is 552 g/mol. The number of amides is 1. The van der Waals surface area contributed by atoms with E-state index in [0.717, 1.165) is 60.8 Å². The van der Waals surface area contributed by atoms with Gasteiger partial charge in [0.1, 0.15) is 29.1 Å². The van der Waals surface area contributed by atoms with Gasteiger partial charge in [0.05, 0.1) is 29.1 Å². The van der Waals surface area contributed by atoms with E-state index in [1.54, 1.807) is 12.3 Å². The number of hydrogen-bond acceptors (Lipinski definition) is 7. The zero-order chi connectivity index (χ0) is 31.1. The lowest BCUT2D eigenvalue weighted by Gasteiger charge is -2.35. The standard InChI is InChI=1S/C35H40N6O3/c1-5-6-18-43-33-12-9-25(2)19-31(33)35(42)40-16-14-39(15-17-40)24-30-22-38-27(4)41(30)23-28-10-11-29(21-36)34(20-28)44-32-8-7-13-37-26(32)3/h7-13,19-20,22H,5-6,14-18,23-24H2,1-4H3. The number of ether oxygens (including phenoxy) is 2. The van der Waals surface area contributed by atoms with Crippen LogP contribution < -0.4 is 9.47 Å². The molecule has 4 aromatic rings. The van der Waals surface area contributed by atoms with Crippen LogP contribution in [-0.2, 0) is 13.1 Å². The zero-order valence-electron chi connectivity index (χ0n) is 26.0. The first-order chi connectivity index (χ1) is 21.4. The Morgan fingerprint density at radius 3 is 2.52 bits per heavy atom. The van der Waals surface area contributed by atoms with Crippen molar-refractivity contribution in [3.05, 3.63) is 100 Å². The number of carbonyl (C=O) groups excluding carboxylic acids is 1. The molecule has 0 unspecified atom stereocenters. The molecule has 1 saturated heterocycles. The summed E-state index contributed by atoms with van der Waals surface area (Å²) in [6.45, 7) is 12.8. The molecule has 5 rings (SSSR count). The van der Waals surface area contributed by atoms with Crippen molar-refractivity contribution in [2.45, 2.75) is 53.6 Å². The van der Waals surface area contributed by atoms with Crippen LogP contribution in [0.1, 0.15) is 64.0 Å². The molecule has 44 heavy (non-hydrogen) atoms. The second-order valence-electron chi connectivity index (χ2n) is 11.3. The van der Waals surface area contributed by atoms with Gasteiger partial charge in [0, 0.05) is 51.7 Å². The summed E-state index contributed by atoms with van der Waals surface area (Å²) in [5, 5.41) is 9.67. The Balaban J connectivity index is 1.24. The molecule has 0 spiro atoms. The minimum absolute atomic E-state index is 0.0288. The van der Waals surface area contributed by atoms with Crippen LogP contribution in [0.25, 0.3) is 0 Å². The smallest absolute Gasteiger partial charge is 0.257 e. The van der Waals surface area contributed by atoms with Crippen LogP contribution in [0.4, 0.5) is 0 Å². The number of pyridine rings is 1. The average Bonchev–Trinajstić information content (AvgIpc) is 3.37. The van der Waals surface area contributed by atoms with Crippen LogP contribution in [0.3, 0.4) is 0 Å². The summed E-state index contributed by atoms with van der Waals surface area (Å²) >= 11 is 0. The number of imidazole rings is 1. The SMILES string of the molecule is CCCCOc1ccc(C)cc1C(=O)N1CCN(Cc2cnc(C)n2Cc2ccc(C#N)c(Oc3cccnc3C)c2)CC1. The molecule has 1 aliphatic heterocycles. The maximum atomic E-state index is 13.5. The number of piperazine rings is 1. The highest BCUT2D eigenvalue weighted by atomic mass is 16.5. The fraction of sp³-hybridized carbons (Fsp3) is 0.371. The van der Waals surface area contributed by atoms with E-state index in [2.05, 4.69) is 32.4 Å². The van der Waals surface area contributed by atoms with Gasteiger partial charge in [-0.1, -0.05) is 31.0 Å². The monoisotopic (exact) mass is 592 g/mol. The van der Waals surface area contributed by atoms with Gasteiger partial charge >= 0.3 is 0 Å². The maximum Gasteiger partial charge on any atom is 0.257 e. The number of rotatable bonds is 11. The van der Waals surface area contributed by atoms with Crippen LogP contribution in [0.2, 0.25) is 0 Å². The second-order valence-corrected chi connectivity index (χ2v) is 11.3. The molecule has 2 aromatic heterocycles. The van der Waals surface area contributed by atoms with Gasteiger partial charge in [0.25, 0.3) is 5.91 Å². The van der Waals surface area contributed by atoms with E-state index in [1.165, 1.54) is 0 Å². The number of nitriles is 1. The normalized spacial score (nSPS) is 13.5. The Morgan fingerprint density at radius 1 is 0.955 bits per heavy atom. The van der Waals surface area contributed by atoms with E-state index in [0.29, 0.717) is 54.6 Å². The van der Waals surface area contributed by atoms with Gasteiger partial charge in [-0.05, 0) is 69.2 Å². The van der Waals surface area contributed by atoms with Gasteiger partial charge < -0.3 is 18.9 Å². The van der Waals surface area contributed by atoms with Gasteiger partial charge in [-0.15, -0.1) is 0 Å². The van der Waals surface area contributed by atoms with Gasteiger partial charge in [0.2, 0.25) is 0 Å². The Morgan fingerprint density at radius 2 is 1.77 bits per heavy atom. The number of nitrogens with zero attached hydrogens (tertiary/aromatic N) is 6. The molecule has 1 fully saturated rings. The van der Waals surface area contributed by atoms with Crippen molar-refractivity contribution >= 4 is 5.91 Å². The van der Waals surface area contributed by atoms with Crippen molar-refractivity contribution in [2.24, 2.45) is 0 Å². The number of carbonyl (C=O) groups is 1. The molecule has 228 valence electrons. The van der Waals surface area contributed by atoms with Crippen LogP contribution in [-0.4, -0.2) is 63.0 Å². The summed E-state index contributed by atoms with van der Waals surface area (Å²) < 4.78 is 14.3. The van der Waals surface area contributed by atoms with Gasteiger partial charge in [-0.3, -0.25) is 14.7 Å². The Bertz CT molecular complexity index is 1650. The lowest BCUT2D eigenvalue weighted by Crippen LogP contribution is -2.48. The second kappa shape index (κ2) is 14.2. The molecule has 1 amide bonds. The van der Waals surface area contributed by atoms with E-state index >= 15 is 0 Å².